The first-order chi connectivity index (χ1) is 57.6. The molecular weight excluding hydrogens is 1630 g/mol. The number of sulfonamides is 3. The molecule has 2 aromatic heterocycles. The summed E-state index contributed by atoms with van der Waals surface area (Å²) in [6.45, 7) is 8.53. The lowest BCUT2D eigenvalue weighted by Gasteiger charge is -2.40. The molecule has 2 saturated carbocycles. The topological polar surface area (TPSA) is 321 Å². The summed E-state index contributed by atoms with van der Waals surface area (Å²) in [6, 6.07) is 28.6. The normalized spacial score (nSPS) is 17.9. The fraction of sp³-hybridized carbons (Fsp3) is 0.424. The molecule has 6 N–H and O–H groups in total. The molecule has 650 valence electrons. The second kappa shape index (κ2) is 40.0. The van der Waals surface area contributed by atoms with E-state index in [1.54, 1.807) is 83.9 Å². The van der Waals surface area contributed by atoms with Crippen molar-refractivity contribution < 1.29 is 70.6 Å². The van der Waals surface area contributed by atoms with Gasteiger partial charge in [0.1, 0.15) is 46.3 Å². The number of hydrogen-bond acceptors (Lipinski definition) is 21. The van der Waals surface area contributed by atoms with E-state index in [0.717, 1.165) is 127 Å². The van der Waals surface area contributed by atoms with Crippen LogP contribution >= 0.6 is 0 Å². The first kappa shape index (κ1) is 89.8. The van der Waals surface area contributed by atoms with E-state index in [1.807, 2.05) is 14.7 Å². The highest BCUT2D eigenvalue weighted by Gasteiger charge is 2.54. The molecule has 2 unspecified atom stereocenters. The molecule has 4 saturated heterocycles. The Balaban J connectivity index is 0.000000166. The smallest absolute Gasteiger partial charge is 0.316 e. The molecule has 36 heteroatoms. The number of amides is 1. The van der Waals surface area contributed by atoms with Crippen molar-refractivity contribution in [3.05, 3.63) is 236 Å². The van der Waals surface area contributed by atoms with E-state index in [-0.39, 0.29) is 111 Å². The van der Waals surface area contributed by atoms with Gasteiger partial charge in [-0.3, -0.25) is 14.4 Å². The second-order valence-electron chi connectivity index (χ2n) is 30.9. The highest BCUT2D eigenvalue weighted by molar-refractivity contribution is 7.88. The zero-order chi connectivity index (χ0) is 85.0. The molecule has 27 nitrogen and oxygen atoms in total. The van der Waals surface area contributed by atoms with Gasteiger partial charge in [0.05, 0.1) is 78.3 Å². The monoisotopic (exact) mass is 1740 g/mol. The lowest BCUT2D eigenvalue weighted by molar-refractivity contribution is -0.121. The van der Waals surface area contributed by atoms with Gasteiger partial charge in [0.15, 0.2) is 0 Å². The Morgan fingerprint density at radius 2 is 0.760 bits per heavy atom. The Morgan fingerprint density at radius 1 is 0.430 bits per heavy atom. The molecule has 5 aliphatic heterocycles. The van der Waals surface area contributed by atoms with Crippen LogP contribution in [0.15, 0.2) is 173 Å². The molecular formula is C85H103F6N15O12S3. The minimum atomic E-state index is -3.57. The number of anilines is 6. The van der Waals surface area contributed by atoms with Crippen LogP contribution in [0.3, 0.4) is 0 Å². The number of nitrogen functional groups attached to an aromatic ring is 3. The molecule has 2 atom stereocenters. The van der Waals surface area contributed by atoms with E-state index < -0.39 is 82.0 Å². The SMILES string of the molecule is C.C=CCCCCOc1c(N2CCN(S(=O)(=O)Cc3ccc(N)cc3)CC2)cnn(-c2cc(F)cc(F)c2)c1=O.Nc1ccc(CS(=O)(=O)N2CCN(C3=C(OCCCCC4CC4)C(=O)N(c4cc(F)cc(F)c4)N4CC34)CC2)cc1.Nc1ccc(CS(=O)(=O)N2CCN(c3cnn(-c4cc(F)cc(F)c4)c(=O)c3OCCCCC3CC3)CC2)cc1. The van der Waals surface area contributed by atoms with E-state index in [1.165, 1.54) is 56.0 Å². The maximum absolute atomic E-state index is 14.1. The van der Waals surface area contributed by atoms with Gasteiger partial charge in [-0.25, -0.2) is 61.6 Å². The number of nitrogens with two attached hydrogens (primary N) is 3. The maximum Gasteiger partial charge on any atom is 0.316 e. The maximum atomic E-state index is 14.1. The average molecular weight is 1740 g/mol. The van der Waals surface area contributed by atoms with E-state index >= 15 is 0 Å². The Hall–Kier alpha value is -10.5. The number of halogens is 6. The van der Waals surface area contributed by atoms with Crippen LogP contribution in [-0.4, -0.2) is 184 Å². The Labute approximate surface area is 701 Å². The molecule has 7 heterocycles. The number of fused-ring (bicyclic) bond motifs is 1. The number of carbonyl (C=O) groups is 1. The largest absolute Gasteiger partial charge is 0.486 e. The lowest BCUT2D eigenvalue weighted by Crippen LogP contribution is -2.52. The molecule has 0 bridgehead atoms. The number of ether oxygens (including phenoxy) is 3. The second-order valence-corrected chi connectivity index (χ2v) is 36.8. The van der Waals surface area contributed by atoms with Crippen LogP contribution < -0.4 is 52.6 Å². The first-order valence-electron chi connectivity index (χ1n) is 40.3. The summed E-state index contributed by atoms with van der Waals surface area (Å²) in [7, 11) is -10.7. The number of allylic oxidation sites excluding steroid dienone is 1. The predicted octanol–water partition coefficient (Wildman–Crippen LogP) is 11.3. The number of unbranched alkanes of at least 4 members (excludes halogenated alkanes) is 4. The quantitative estimate of drug-likeness (QED) is 0.0113. The fourth-order valence-electron chi connectivity index (χ4n) is 14.9. The van der Waals surface area contributed by atoms with Crippen molar-refractivity contribution in [2.45, 2.75) is 114 Å². The number of piperazine rings is 3. The molecule has 2 aliphatic carbocycles. The van der Waals surface area contributed by atoms with E-state index in [9.17, 15) is 66.0 Å². The first-order valence-corrected chi connectivity index (χ1v) is 45.1. The van der Waals surface area contributed by atoms with Gasteiger partial charge in [-0.1, -0.05) is 88.4 Å². The van der Waals surface area contributed by atoms with Gasteiger partial charge in [0, 0.05) is 120 Å². The number of rotatable bonds is 33. The Morgan fingerprint density at radius 3 is 1.11 bits per heavy atom. The Bertz CT molecular complexity index is 5420. The number of hydrazine groups is 1. The molecule has 7 aliphatic rings. The minimum absolute atomic E-state index is 0. The molecule has 6 aromatic carbocycles. The van der Waals surface area contributed by atoms with Crippen LogP contribution in [0.25, 0.3) is 11.4 Å². The number of aromatic nitrogens is 4. The molecule has 0 spiro atoms. The molecule has 0 radical (unpaired) electrons. The van der Waals surface area contributed by atoms with Gasteiger partial charge in [-0.2, -0.15) is 32.5 Å². The molecule has 6 fully saturated rings. The van der Waals surface area contributed by atoms with Crippen LogP contribution in [0, 0.1) is 46.7 Å². The van der Waals surface area contributed by atoms with Crippen molar-refractivity contribution in [1.82, 2.24) is 42.4 Å². The van der Waals surface area contributed by atoms with Crippen molar-refractivity contribution in [3.63, 3.8) is 0 Å². The third-order valence-electron chi connectivity index (χ3n) is 21.7. The van der Waals surface area contributed by atoms with Gasteiger partial charge < -0.3 is 46.1 Å². The zero-order valence-electron chi connectivity index (χ0n) is 66.4. The average Bonchev–Trinajstić information content (AvgIpc) is 1.56. The van der Waals surface area contributed by atoms with Gasteiger partial charge in [0.25, 0.3) is 0 Å². The van der Waals surface area contributed by atoms with Crippen LogP contribution in [0.2, 0.25) is 0 Å². The van der Waals surface area contributed by atoms with E-state index in [4.69, 9.17) is 31.4 Å². The third kappa shape index (κ3) is 23.6. The fourth-order valence-corrected chi connectivity index (χ4v) is 19.5. The van der Waals surface area contributed by atoms with Crippen molar-refractivity contribution in [1.29, 1.82) is 0 Å². The molecule has 15 rings (SSSR count). The standard InChI is InChI=1S/C29H35F2N5O4S.C28H33F2N5O4S.C27H31F2N5O4S.CH4/c30-22-15-23(31)17-25(16-22)36-29(37)28(40-14-2-1-3-20-4-5-20)27(26-18-35(26)36)33-10-12-34(13-11-33)41(38,39)19-21-6-8-24(32)9-7-21;29-22-15-23(30)17-25(16-22)35-28(36)27(39-14-2-1-3-20-4-5-20)26(18-32-35)33-10-12-34(13-11-33)40(37,38)19-21-6-8-24(31)9-7-21;1-2-3-4-5-14-38-26-25(18-31-34(27(26)35)24-16-21(28)15-22(29)17-24)32-10-12-33(13-11-32)39(36,37)19-20-6-8-23(30)9-7-20;/h6-9,15-17,20,26H,1-5,10-14,18-19,32H2;6-9,15-18,20H,1-5,10-14,19,31H2;2,6-9,15-18H,1,3-5,10-14,19,30H2;1H4. The van der Waals surface area contributed by atoms with E-state index in [2.05, 4.69) is 16.8 Å². The summed E-state index contributed by atoms with van der Waals surface area (Å²) in [5, 5.41) is 11.4. The number of benzene rings is 6. The number of nitrogens with zero attached hydrogens (tertiary/aromatic N) is 12. The summed E-state index contributed by atoms with van der Waals surface area (Å²) in [4.78, 5) is 46.4. The van der Waals surface area contributed by atoms with Crippen molar-refractivity contribution in [3.8, 4) is 22.9 Å². The molecule has 121 heavy (non-hydrogen) atoms. The summed E-state index contributed by atoms with van der Waals surface area (Å²) in [6.07, 6.45) is 17.9. The predicted molar refractivity (Wildman–Crippen MR) is 453 cm³/mol. The summed E-state index contributed by atoms with van der Waals surface area (Å²) >= 11 is 0. The van der Waals surface area contributed by atoms with Gasteiger partial charge in [-0.15, -0.1) is 6.58 Å². The van der Waals surface area contributed by atoms with E-state index in [0.29, 0.717) is 117 Å². The number of hydrogen-bond donors (Lipinski definition) is 3. The highest BCUT2D eigenvalue weighted by Crippen LogP contribution is 2.42. The van der Waals surface area contributed by atoms with Crippen molar-refractivity contribution >= 4 is 70.1 Å². The highest BCUT2D eigenvalue weighted by atomic mass is 32.2. The van der Waals surface area contributed by atoms with Crippen molar-refractivity contribution in [2.24, 2.45) is 11.8 Å². The third-order valence-corrected chi connectivity index (χ3v) is 27.3. The van der Waals surface area contributed by atoms with Gasteiger partial charge in [-0.05, 0) is 146 Å². The number of carbonyl (C=O) groups excluding carboxylic acids is 1. The zero-order valence-corrected chi connectivity index (χ0v) is 68.9. The molecule has 8 aromatic rings. The summed E-state index contributed by atoms with van der Waals surface area (Å²) in [5.74, 6) is -3.92. The lowest BCUT2D eigenvalue weighted by atomic mass is 10.1. The van der Waals surface area contributed by atoms with Gasteiger partial charge in [0.2, 0.25) is 47.3 Å². The minimum Gasteiger partial charge on any atom is -0.486 e. The Kier molecular flexibility index (Phi) is 29.7. The van der Waals surface area contributed by atoms with Crippen LogP contribution in [0.5, 0.6) is 11.5 Å². The van der Waals surface area contributed by atoms with Crippen LogP contribution in [0.4, 0.5) is 60.5 Å². The molecule has 1 amide bonds. The van der Waals surface area contributed by atoms with Crippen LogP contribution in [-0.2, 0) is 56.9 Å². The van der Waals surface area contributed by atoms with Gasteiger partial charge >= 0.3 is 17.0 Å². The van der Waals surface area contributed by atoms with Crippen LogP contribution in [0.1, 0.15) is 108 Å². The van der Waals surface area contributed by atoms with Crippen molar-refractivity contribution in [2.75, 3.05) is 137 Å². The summed E-state index contributed by atoms with van der Waals surface area (Å²) in [5.41, 5.74) is 21.0. The summed E-state index contributed by atoms with van der Waals surface area (Å²) < 4.78 is 186.